The van der Waals surface area contributed by atoms with Crippen LogP contribution in [0.5, 0.6) is 0 Å². The lowest BCUT2D eigenvalue weighted by atomic mass is 10.1. The summed E-state index contributed by atoms with van der Waals surface area (Å²) in [5, 5.41) is 0. The first-order chi connectivity index (χ1) is 6.70. The summed E-state index contributed by atoms with van der Waals surface area (Å²) in [5.74, 6) is 1.61. The van der Waals surface area contributed by atoms with Gasteiger partial charge in [-0.3, -0.25) is 0 Å². The van der Waals surface area contributed by atoms with Gasteiger partial charge in [0.2, 0.25) is 0 Å². The normalized spacial score (nSPS) is 11.6. The van der Waals surface area contributed by atoms with Crippen LogP contribution in [-0.2, 0) is 0 Å². The number of hydrogen-bond acceptors (Lipinski definition) is 1. The van der Waals surface area contributed by atoms with Crippen molar-refractivity contribution in [1.82, 2.24) is 4.90 Å². The van der Waals surface area contributed by atoms with E-state index in [9.17, 15) is 0 Å². The minimum atomic E-state index is 0.790. The lowest BCUT2D eigenvalue weighted by Crippen LogP contribution is -2.28. The van der Waals surface area contributed by atoms with Crippen LogP contribution in [-0.4, -0.2) is 30.4 Å². The van der Waals surface area contributed by atoms with Crippen LogP contribution in [0, 0.1) is 5.92 Å². The van der Waals surface area contributed by atoms with E-state index in [1.54, 1.807) is 0 Å². The maximum atomic E-state index is 5.63. The van der Waals surface area contributed by atoms with E-state index in [1.807, 2.05) is 0 Å². The molecule has 0 N–H and O–H groups in total. The van der Waals surface area contributed by atoms with Crippen molar-refractivity contribution in [3.63, 3.8) is 0 Å². The molecule has 0 aliphatic carbocycles. The highest BCUT2D eigenvalue weighted by atomic mass is 35.5. The largest absolute Gasteiger partial charge is 0.303 e. The van der Waals surface area contributed by atoms with Gasteiger partial charge in [0.15, 0.2) is 0 Å². The average molecular weight is 220 g/mol. The van der Waals surface area contributed by atoms with Gasteiger partial charge in [-0.2, -0.15) is 0 Å². The molecule has 0 aromatic rings. The Morgan fingerprint density at radius 1 is 1.07 bits per heavy atom. The number of halogens is 1. The van der Waals surface area contributed by atoms with Gasteiger partial charge in [-0.25, -0.2) is 0 Å². The summed E-state index contributed by atoms with van der Waals surface area (Å²) in [6.07, 6.45) is 5.14. The van der Waals surface area contributed by atoms with Crippen LogP contribution in [0.1, 0.15) is 46.5 Å². The van der Waals surface area contributed by atoms with E-state index in [1.165, 1.54) is 45.3 Å². The Balaban J connectivity index is 3.33. The Morgan fingerprint density at radius 2 is 1.71 bits per heavy atom. The molecule has 0 bridgehead atoms. The molecule has 0 unspecified atom stereocenters. The Labute approximate surface area is 94.8 Å². The van der Waals surface area contributed by atoms with Crippen LogP contribution >= 0.6 is 11.6 Å². The molecule has 0 heterocycles. The van der Waals surface area contributed by atoms with E-state index in [0.717, 1.165) is 11.8 Å². The van der Waals surface area contributed by atoms with E-state index in [-0.39, 0.29) is 0 Å². The molecule has 0 aliphatic rings. The van der Waals surface area contributed by atoms with Gasteiger partial charge in [0, 0.05) is 12.4 Å². The summed E-state index contributed by atoms with van der Waals surface area (Å²) in [4.78, 5) is 2.55. The molecule has 0 amide bonds. The number of alkyl halides is 1. The molecule has 1 nitrogen and oxygen atoms in total. The predicted octanol–water partition coefficient (Wildman–Crippen LogP) is 3.76. The molecule has 0 saturated carbocycles. The third-order valence-corrected chi connectivity index (χ3v) is 2.70. The second kappa shape index (κ2) is 9.79. The molecule has 0 spiro atoms. The predicted molar refractivity (Wildman–Crippen MR) is 66.1 cm³/mol. The van der Waals surface area contributed by atoms with Gasteiger partial charge < -0.3 is 4.90 Å². The molecule has 0 atom stereocenters. The number of hydrogen-bond donors (Lipinski definition) is 0. The molecule has 2 heteroatoms. The maximum absolute atomic E-state index is 5.63. The van der Waals surface area contributed by atoms with Crippen LogP contribution < -0.4 is 0 Å². The van der Waals surface area contributed by atoms with Gasteiger partial charge in [-0.1, -0.05) is 33.6 Å². The summed E-state index contributed by atoms with van der Waals surface area (Å²) < 4.78 is 0. The molecular formula is C12H26ClN. The first-order valence-corrected chi connectivity index (χ1v) is 6.52. The zero-order valence-corrected chi connectivity index (χ0v) is 10.8. The molecule has 0 fully saturated rings. The molecule has 86 valence electrons. The van der Waals surface area contributed by atoms with E-state index in [4.69, 9.17) is 11.6 Å². The monoisotopic (exact) mass is 219 g/mol. The third kappa shape index (κ3) is 8.83. The second-order valence-corrected chi connectivity index (χ2v) is 4.77. The number of unbranched alkanes of at least 4 members (excludes halogenated alkanes) is 3. The quantitative estimate of drug-likeness (QED) is 0.422. The molecule has 0 saturated heterocycles. The zero-order chi connectivity index (χ0) is 10.8. The first kappa shape index (κ1) is 14.2. The molecule has 0 aromatic heterocycles. The molecule has 14 heavy (non-hydrogen) atoms. The van der Waals surface area contributed by atoms with Gasteiger partial charge >= 0.3 is 0 Å². The van der Waals surface area contributed by atoms with Crippen LogP contribution in [0.15, 0.2) is 0 Å². The smallest absolute Gasteiger partial charge is 0.0223 e. The summed E-state index contributed by atoms with van der Waals surface area (Å²) in [7, 11) is 0. The fraction of sp³-hybridized carbons (Fsp3) is 1.00. The number of rotatable bonds is 9. The van der Waals surface area contributed by atoms with Crippen molar-refractivity contribution < 1.29 is 0 Å². The standard InChI is InChI=1S/C12H26ClN/c1-4-14(11-12(2)3)10-8-6-5-7-9-13/h12H,4-11H2,1-3H3. The molecular weight excluding hydrogens is 194 g/mol. The van der Waals surface area contributed by atoms with E-state index in [2.05, 4.69) is 25.7 Å². The van der Waals surface area contributed by atoms with Crippen molar-refractivity contribution in [3.8, 4) is 0 Å². The number of nitrogens with zero attached hydrogens (tertiary/aromatic N) is 1. The van der Waals surface area contributed by atoms with E-state index < -0.39 is 0 Å². The van der Waals surface area contributed by atoms with Gasteiger partial charge in [-0.15, -0.1) is 11.6 Å². The summed E-state index contributed by atoms with van der Waals surface area (Å²) in [6, 6.07) is 0. The lowest BCUT2D eigenvalue weighted by molar-refractivity contribution is 0.251. The molecule has 0 aliphatic heterocycles. The van der Waals surface area contributed by atoms with Crippen LogP contribution in [0.2, 0.25) is 0 Å². The van der Waals surface area contributed by atoms with Crippen molar-refractivity contribution in [3.05, 3.63) is 0 Å². The van der Waals surface area contributed by atoms with Crippen molar-refractivity contribution >= 4 is 11.6 Å². The van der Waals surface area contributed by atoms with Gasteiger partial charge in [0.05, 0.1) is 0 Å². The zero-order valence-electron chi connectivity index (χ0n) is 10.1. The minimum absolute atomic E-state index is 0.790. The van der Waals surface area contributed by atoms with Gasteiger partial charge in [0.1, 0.15) is 0 Å². The van der Waals surface area contributed by atoms with Gasteiger partial charge in [-0.05, 0) is 31.8 Å². The maximum Gasteiger partial charge on any atom is 0.0223 e. The minimum Gasteiger partial charge on any atom is -0.303 e. The highest BCUT2D eigenvalue weighted by molar-refractivity contribution is 6.17. The second-order valence-electron chi connectivity index (χ2n) is 4.39. The Morgan fingerprint density at radius 3 is 2.21 bits per heavy atom. The lowest BCUT2D eigenvalue weighted by Gasteiger charge is -2.22. The average Bonchev–Trinajstić information content (AvgIpc) is 2.15. The highest BCUT2D eigenvalue weighted by Crippen LogP contribution is 2.04. The Kier molecular flexibility index (Phi) is 9.97. The first-order valence-electron chi connectivity index (χ1n) is 5.99. The Bertz CT molecular complexity index is 115. The third-order valence-electron chi connectivity index (χ3n) is 2.43. The van der Waals surface area contributed by atoms with E-state index in [0.29, 0.717) is 0 Å². The van der Waals surface area contributed by atoms with Crippen LogP contribution in [0.25, 0.3) is 0 Å². The fourth-order valence-electron chi connectivity index (χ4n) is 1.68. The van der Waals surface area contributed by atoms with Crippen molar-refractivity contribution in [2.75, 3.05) is 25.5 Å². The summed E-state index contributed by atoms with van der Waals surface area (Å²) >= 11 is 5.63. The molecule has 0 aromatic carbocycles. The highest BCUT2D eigenvalue weighted by Gasteiger charge is 2.03. The summed E-state index contributed by atoms with van der Waals surface area (Å²) in [6.45, 7) is 10.5. The summed E-state index contributed by atoms with van der Waals surface area (Å²) in [5.41, 5.74) is 0. The van der Waals surface area contributed by atoms with Crippen molar-refractivity contribution in [2.24, 2.45) is 5.92 Å². The van der Waals surface area contributed by atoms with Gasteiger partial charge in [0.25, 0.3) is 0 Å². The van der Waals surface area contributed by atoms with E-state index >= 15 is 0 Å². The van der Waals surface area contributed by atoms with Crippen molar-refractivity contribution in [2.45, 2.75) is 46.5 Å². The SMILES string of the molecule is CCN(CCCCCCCl)CC(C)C. The molecule has 0 rings (SSSR count). The molecule has 0 radical (unpaired) electrons. The van der Waals surface area contributed by atoms with Crippen LogP contribution in [0.3, 0.4) is 0 Å². The topological polar surface area (TPSA) is 3.24 Å². The fourth-order valence-corrected chi connectivity index (χ4v) is 1.87. The van der Waals surface area contributed by atoms with Crippen molar-refractivity contribution in [1.29, 1.82) is 0 Å². The van der Waals surface area contributed by atoms with Crippen LogP contribution in [0.4, 0.5) is 0 Å². The Hall–Kier alpha value is 0.250.